The predicted octanol–water partition coefficient (Wildman–Crippen LogP) is 3.34. The second-order valence-electron chi connectivity index (χ2n) is 5.45. The van der Waals surface area contributed by atoms with Crippen LogP contribution in [0.15, 0.2) is 58.6 Å². The Morgan fingerprint density at radius 1 is 1.23 bits per heavy atom. The molecule has 0 saturated heterocycles. The maximum absolute atomic E-state index is 12.4. The van der Waals surface area contributed by atoms with Crippen molar-refractivity contribution in [1.82, 2.24) is 0 Å². The molecule has 0 heterocycles. The molecule has 8 heteroatoms. The van der Waals surface area contributed by atoms with Crippen LogP contribution in [0, 0.1) is 11.3 Å². The predicted molar refractivity (Wildman–Crippen MR) is 97.6 cm³/mol. The number of carbonyl (C=O) groups is 1. The van der Waals surface area contributed by atoms with Gasteiger partial charge in [0.2, 0.25) is 0 Å². The topological polar surface area (TPSA) is 96.6 Å². The molecule has 2 aromatic rings. The fraction of sp³-hybridized carbons (Fsp3) is 0.167. The van der Waals surface area contributed by atoms with Crippen molar-refractivity contribution < 1.29 is 18.0 Å². The van der Waals surface area contributed by atoms with Crippen molar-refractivity contribution in [2.45, 2.75) is 23.5 Å². The van der Waals surface area contributed by atoms with E-state index in [1.54, 1.807) is 24.3 Å². The number of hydrogen-bond acceptors (Lipinski definition) is 6. The molecule has 0 N–H and O–H groups in total. The highest BCUT2D eigenvalue weighted by atomic mass is 35.5. The summed E-state index contributed by atoms with van der Waals surface area (Å²) in [7, 11) is -3.68. The van der Waals surface area contributed by atoms with Crippen molar-refractivity contribution in [2.75, 3.05) is 0 Å². The van der Waals surface area contributed by atoms with E-state index < -0.39 is 21.1 Å². The zero-order valence-corrected chi connectivity index (χ0v) is 15.4. The van der Waals surface area contributed by atoms with Crippen molar-refractivity contribution in [3.8, 4) is 6.07 Å². The lowest BCUT2D eigenvalue weighted by Gasteiger charge is -2.11. The summed E-state index contributed by atoms with van der Waals surface area (Å²) in [5.74, 6) is -0.764. The number of sulfone groups is 1. The van der Waals surface area contributed by atoms with Crippen molar-refractivity contribution in [3.05, 3.63) is 64.7 Å². The van der Waals surface area contributed by atoms with Crippen LogP contribution in [0.3, 0.4) is 0 Å². The summed E-state index contributed by atoms with van der Waals surface area (Å²) < 4.78 is 24.8. The number of benzene rings is 2. The molecule has 1 atom stereocenters. The minimum absolute atomic E-state index is 0.0864. The van der Waals surface area contributed by atoms with Gasteiger partial charge in [0.1, 0.15) is 0 Å². The molecule has 0 aromatic heterocycles. The quantitative estimate of drug-likeness (QED) is 0.428. The normalized spacial score (nSPS) is 12.5. The lowest BCUT2D eigenvalue weighted by molar-refractivity contribution is -0.143. The Morgan fingerprint density at radius 3 is 2.42 bits per heavy atom. The lowest BCUT2D eigenvalue weighted by atomic mass is 10.2. The van der Waals surface area contributed by atoms with Gasteiger partial charge < -0.3 is 4.84 Å². The van der Waals surface area contributed by atoms with Crippen LogP contribution in [0.1, 0.15) is 24.5 Å². The monoisotopic (exact) mass is 390 g/mol. The average Bonchev–Trinajstić information content (AvgIpc) is 2.62. The van der Waals surface area contributed by atoms with Crippen LogP contribution in [0.25, 0.3) is 0 Å². The van der Waals surface area contributed by atoms with Gasteiger partial charge in [0.05, 0.1) is 34.4 Å². The number of nitrogens with zero attached hydrogens (tertiary/aromatic N) is 2. The van der Waals surface area contributed by atoms with E-state index in [4.69, 9.17) is 21.7 Å². The molecule has 0 spiro atoms. The minimum atomic E-state index is -3.68. The van der Waals surface area contributed by atoms with Crippen LogP contribution >= 0.6 is 11.6 Å². The Balaban J connectivity index is 1.94. The van der Waals surface area contributed by atoms with Crippen LogP contribution < -0.4 is 0 Å². The first kappa shape index (κ1) is 19.6. The van der Waals surface area contributed by atoms with E-state index in [1.165, 1.54) is 37.4 Å². The van der Waals surface area contributed by atoms with E-state index in [2.05, 4.69) is 5.16 Å². The Bertz CT molecular complexity index is 946. The summed E-state index contributed by atoms with van der Waals surface area (Å²) in [4.78, 5) is 16.6. The number of rotatable bonds is 6. The number of nitriles is 1. The highest BCUT2D eigenvalue weighted by Crippen LogP contribution is 2.20. The number of carbonyl (C=O) groups excluding carboxylic acids is 1. The molecule has 0 amide bonds. The fourth-order valence-electron chi connectivity index (χ4n) is 2.03. The van der Waals surface area contributed by atoms with Crippen LogP contribution in [0.4, 0.5) is 0 Å². The summed E-state index contributed by atoms with van der Waals surface area (Å²) in [5, 5.41) is 11.7. The molecule has 0 aliphatic heterocycles. The average molecular weight is 391 g/mol. The number of oxime groups is 1. The minimum Gasteiger partial charge on any atom is -0.318 e. The molecule has 26 heavy (non-hydrogen) atoms. The molecule has 0 aliphatic rings. The highest BCUT2D eigenvalue weighted by Gasteiger charge is 2.26. The molecule has 6 nitrogen and oxygen atoms in total. The van der Waals surface area contributed by atoms with E-state index in [-0.39, 0.29) is 11.3 Å². The van der Waals surface area contributed by atoms with Crippen LogP contribution in [0.5, 0.6) is 0 Å². The first-order valence-corrected chi connectivity index (χ1v) is 9.48. The number of halogens is 1. The van der Waals surface area contributed by atoms with Gasteiger partial charge in [-0.25, -0.2) is 13.2 Å². The first-order valence-electron chi connectivity index (χ1n) is 7.56. The number of hydrogen-bond donors (Lipinski definition) is 0. The van der Waals surface area contributed by atoms with E-state index in [1.807, 2.05) is 6.07 Å². The van der Waals surface area contributed by atoms with Gasteiger partial charge in [-0.2, -0.15) is 5.26 Å². The SMILES string of the molecule is C[C@@H](CC(=O)O/N=C\c1ccc(C#N)cc1)S(=O)(=O)c1ccc(Cl)cc1. The fourth-order valence-corrected chi connectivity index (χ4v) is 3.49. The Kier molecular flexibility index (Phi) is 6.50. The molecule has 0 fully saturated rings. The smallest absolute Gasteiger partial charge is 0.318 e. The Labute approximate surface area is 156 Å². The third kappa shape index (κ3) is 5.15. The largest absolute Gasteiger partial charge is 0.336 e. The van der Waals surface area contributed by atoms with Gasteiger partial charge in [-0.3, -0.25) is 0 Å². The molecule has 0 saturated carbocycles. The summed E-state index contributed by atoms with van der Waals surface area (Å²) in [6.45, 7) is 1.43. The van der Waals surface area contributed by atoms with Crippen molar-refractivity contribution in [3.63, 3.8) is 0 Å². The molecule has 134 valence electrons. The van der Waals surface area contributed by atoms with Crippen LogP contribution in [0.2, 0.25) is 5.02 Å². The van der Waals surface area contributed by atoms with Gasteiger partial charge in [-0.1, -0.05) is 28.9 Å². The van der Waals surface area contributed by atoms with E-state index in [9.17, 15) is 13.2 Å². The van der Waals surface area contributed by atoms with Gasteiger partial charge in [0.25, 0.3) is 0 Å². The highest BCUT2D eigenvalue weighted by molar-refractivity contribution is 7.92. The summed E-state index contributed by atoms with van der Waals surface area (Å²) in [5.41, 5.74) is 1.14. The lowest BCUT2D eigenvalue weighted by Crippen LogP contribution is -2.22. The molecule has 0 aliphatic carbocycles. The van der Waals surface area contributed by atoms with Gasteiger partial charge in [-0.15, -0.1) is 0 Å². The van der Waals surface area contributed by atoms with Crippen LogP contribution in [-0.2, 0) is 19.5 Å². The molecular weight excluding hydrogens is 376 g/mol. The molecule has 2 aromatic carbocycles. The molecular formula is C18H15ClN2O4S. The van der Waals surface area contributed by atoms with Crippen molar-refractivity contribution in [2.24, 2.45) is 5.16 Å². The van der Waals surface area contributed by atoms with E-state index in [0.29, 0.717) is 16.1 Å². The zero-order chi connectivity index (χ0) is 19.2. The zero-order valence-electron chi connectivity index (χ0n) is 13.8. The maximum atomic E-state index is 12.4. The van der Waals surface area contributed by atoms with Gasteiger partial charge in [-0.05, 0) is 48.9 Å². The summed E-state index contributed by atoms with van der Waals surface area (Å²) in [6.07, 6.45) is 0.965. The van der Waals surface area contributed by atoms with Crippen molar-refractivity contribution >= 4 is 33.6 Å². The standard InChI is InChI=1S/C18H15ClN2O4S/c1-13(26(23,24)17-8-6-16(19)7-9-17)10-18(22)25-21-12-15-4-2-14(11-20)3-5-15/h2-9,12-13H,10H2,1H3/b21-12-/t13-/m0/s1. The maximum Gasteiger partial charge on any atom is 0.336 e. The first-order chi connectivity index (χ1) is 12.3. The van der Waals surface area contributed by atoms with Crippen molar-refractivity contribution in [1.29, 1.82) is 5.26 Å². The summed E-state index contributed by atoms with van der Waals surface area (Å²) in [6, 6.07) is 14.2. The van der Waals surface area contributed by atoms with E-state index >= 15 is 0 Å². The third-order valence-electron chi connectivity index (χ3n) is 3.52. The molecule has 0 unspecified atom stereocenters. The second kappa shape index (κ2) is 8.61. The summed E-state index contributed by atoms with van der Waals surface area (Å²) >= 11 is 5.75. The molecule has 0 radical (unpaired) electrons. The van der Waals surface area contributed by atoms with Gasteiger partial charge >= 0.3 is 5.97 Å². The van der Waals surface area contributed by atoms with Crippen LogP contribution in [-0.4, -0.2) is 25.9 Å². The molecule has 0 bridgehead atoms. The Morgan fingerprint density at radius 2 is 1.85 bits per heavy atom. The third-order valence-corrected chi connectivity index (χ3v) is 5.93. The molecule has 2 rings (SSSR count). The van der Waals surface area contributed by atoms with Gasteiger partial charge in [0, 0.05) is 5.02 Å². The second-order valence-corrected chi connectivity index (χ2v) is 8.25. The Hall–Kier alpha value is -2.69. The van der Waals surface area contributed by atoms with E-state index in [0.717, 1.165) is 0 Å². The van der Waals surface area contributed by atoms with Gasteiger partial charge in [0.15, 0.2) is 9.84 Å².